The predicted molar refractivity (Wildman–Crippen MR) is 112 cm³/mol. The van der Waals surface area contributed by atoms with Crippen LogP contribution < -0.4 is 4.74 Å². The first-order valence-corrected chi connectivity index (χ1v) is 10.6. The number of hydrogen-bond donors (Lipinski definition) is 0. The van der Waals surface area contributed by atoms with Crippen molar-refractivity contribution in [3.05, 3.63) is 47.9 Å². The number of aromatic nitrogens is 1. The third-order valence-electron chi connectivity index (χ3n) is 4.91. The Hall–Kier alpha value is -1.90. The molecule has 2 nitrogen and oxygen atoms in total. The summed E-state index contributed by atoms with van der Waals surface area (Å²) < 4.78 is 20.4. The van der Waals surface area contributed by atoms with E-state index in [0.717, 1.165) is 19.3 Å². The predicted octanol–water partition coefficient (Wildman–Crippen LogP) is 7.36. The normalized spacial score (nSPS) is 12.1. The molecule has 0 saturated heterocycles. The third-order valence-corrected chi connectivity index (χ3v) is 4.91. The fraction of sp³-hybridized carbons (Fsp3) is 0.542. The first-order chi connectivity index (χ1) is 13.1. The average Bonchev–Trinajstić information content (AvgIpc) is 2.66. The van der Waals surface area contributed by atoms with E-state index in [2.05, 4.69) is 31.8 Å². The van der Waals surface area contributed by atoms with Gasteiger partial charge in [0.05, 0.1) is 11.8 Å². The van der Waals surface area contributed by atoms with Crippen LogP contribution in [0.25, 0.3) is 11.3 Å². The second-order valence-electron chi connectivity index (χ2n) is 7.43. The van der Waals surface area contributed by atoms with Crippen molar-refractivity contribution < 1.29 is 9.13 Å². The zero-order chi connectivity index (χ0) is 19.5. The van der Waals surface area contributed by atoms with Crippen LogP contribution in [0, 0.1) is 5.82 Å². The maximum atomic E-state index is 14.6. The molecule has 1 heterocycles. The van der Waals surface area contributed by atoms with Crippen molar-refractivity contribution in [2.24, 2.45) is 0 Å². The first-order valence-electron chi connectivity index (χ1n) is 10.6. The Bertz CT molecular complexity index is 669. The number of benzene rings is 1. The van der Waals surface area contributed by atoms with Crippen molar-refractivity contribution in [2.45, 2.75) is 84.7 Å². The molecule has 0 aliphatic carbocycles. The largest absolute Gasteiger partial charge is 0.491 e. The van der Waals surface area contributed by atoms with Gasteiger partial charge in [0, 0.05) is 17.8 Å². The summed E-state index contributed by atoms with van der Waals surface area (Å²) in [6.07, 6.45) is 12.5. The Morgan fingerprint density at radius 2 is 1.74 bits per heavy atom. The number of hydrogen-bond acceptors (Lipinski definition) is 2. The second kappa shape index (κ2) is 11.7. The van der Waals surface area contributed by atoms with E-state index in [9.17, 15) is 4.39 Å². The van der Waals surface area contributed by atoms with E-state index < -0.39 is 0 Å². The molecule has 0 N–H and O–H groups in total. The molecule has 0 aliphatic heterocycles. The van der Waals surface area contributed by atoms with Gasteiger partial charge in [-0.25, -0.2) is 4.39 Å². The Balaban J connectivity index is 1.93. The van der Waals surface area contributed by atoms with E-state index in [1.807, 2.05) is 18.3 Å². The number of ether oxygens (including phenoxy) is 1. The molecule has 2 rings (SSSR count). The Kier molecular flexibility index (Phi) is 9.30. The molecule has 1 aromatic carbocycles. The van der Waals surface area contributed by atoms with Gasteiger partial charge in [0.2, 0.25) is 0 Å². The lowest BCUT2D eigenvalue weighted by atomic mass is 10.1. The molecule has 0 saturated carbocycles. The molecule has 1 aromatic heterocycles. The van der Waals surface area contributed by atoms with Crippen LogP contribution in [0.5, 0.6) is 5.75 Å². The van der Waals surface area contributed by atoms with Crippen molar-refractivity contribution in [2.75, 3.05) is 0 Å². The Labute approximate surface area is 164 Å². The van der Waals surface area contributed by atoms with E-state index in [4.69, 9.17) is 4.74 Å². The van der Waals surface area contributed by atoms with Gasteiger partial charge in [0.1, 0.15) is 11.6 Å². The third kappa shape index (κ3) is 7.32. The zero-order valence-electron chi connectivity index (χ0n) is 17.1. The molecule has 0 amide bonds. The fourth-order valence-corrected chi connectivity index (χ4v) is 3.24. The van der Waals surface area contributed by atoms with Gasteiger partial charge < -0.3 is 4.74 Å². The lowest BCUT2D eigenvalue weighted by molar-refractivity contribution is 0.205. The van der Waals surface area contributed by atoms with E-state index in [1.54, 1.807) is 6.07 Å². The van der Waals surface area contributed by atoms with Crippen molar-refractivity contribution in [3.63, 3.8) is 0 Å². The average molecular weight is 372 g/mol. The van der Waals surface area contributed by atoms with E-state index in [1.165, 1.54) is 50.2 Å². The van der Waals surface area contributed by atoms with E-state index >= 15 is 0 Å². The number of halogens is 1. The van der Waals surface area contributed by atoms with Gasteiger partial charge in [-0.1, -0.05) is 52.0 Å². The molecule has 0 aliphatic rings. The summed E-state index contributed by atoms with van der Waals surface area (Å²) in [6.45, 7) is 6.46. The monoisotopic (exact) mass is 371 g/mol. The molecule has 1 atom stereocenters. The second-order valence-corrected chi connectivity index (χ2v) is 7.43. The quantitative estimate of drug-likeness (QED) is 0.364. The molecule has 2 aromatic rings. The van der Waals surface area contributed by atoms with Crippen LogP contribution in [0.1, 0.15) is 77.7 Å². The van der Waals surface area contributed by atoms with Gasteiger partial charge in [-0.3, -0.25) is 4.98 Å². The highest BCUT2D eigenvalue weighted by molar-refractivity contribution is 5.61. The molecule has 0 unspecified atom stereocenters. The van der Waals surface area contributed by atoms with Crippen LogP contribution in [-0.4, -0.2) is 11.1 Å². The van der Waals surface area contributed by atoms with Gasteiger partial charge in [0.15, 0.2) is 0 Å². The SMILES string of the molecule is CCCCCC[C@H](C)Oc1ccc(-c2ccc(CCCCC)cn2)c(F)c1. The first kappa shape index (κ1) is 21.4. The Morgan fingerprint density at radius 3 is 2.41 bits per heavy atom. The summed E-state index contributed by atoms with van der Waals surface area (Å²) in [5.41, 5.74) is 2.41. The fourth-order valence-electron chi connectivity index (χ4n) is 3.24. The van der Waals surface area contributed by atoms with Crippen molar-refractivity contribution in [1.29, 1.82) is 0 Å². The molecule has 0 spiro atoms. The van der Waals surface area contributed by atoms with Gasteiger partial charge in [-0.2, -0.15) is 0 Å². The number of aryl methyl sites for hydroxylation is 1. The number of pyridine rings is 1. The standard InChI is InChI=1S/C24H34FNO/c1-4-6-8-10-11-19(3)27-21-14-15-22(23(25)17-21)24-16-13-20(18-26-24)12-9-7-5-2/h13-19H,4-12H2,1-3H3/t19-/m0/s1. The minimum atomic E-state index is -0.281. The molecule has 148 valence electrons. The van der Waals surface area contributed by atoms with Crippen LogP contribution in [0.3, 0.4) is 0 Å². The maximum Gasteiger partial charge on any atom is 0.136 e. The highest BCUT2D eigenvalue weighted by Gasteiger charge is 2.10. The summed E-state index contributed by atoms with van der Waals surface area (Å²) in [5, 5.41) is 0. The summed E-state index contributed by atoms with van der Waals surface area (Å²) in [5.74, 6) is 0.312. The van der Waals surface area contributed by atoms with Crippen molar-refractivity contribution in [3.8, 4) is 17.0 Å². The van der Waals surface area contributed by atoms with Gasteiger partial charge >= 0.3 is 0 Å². The zero-order valence-corrected chi connectivity index (χ0v) is 17.1. The highest BCUT2D eigenvalue weighted by Crippen LogP contribution is 2.26. The number of nitrogens with zero attached hydrogens (tertiary/aromatic N) is 1. The van der Waals surface area contributed by atoms with E-state index in [-0.39, 0.29) is 11.9 Å². The summed E-state index contributed by atoms with van der Waals surface area (Å²) in [4.78, 5) is 4.46. The van der Waals surface area contributed by atoms with Crippen LogP contribution in [-0.2, 0) is 6.42 Å². The molecular formula is C24H34FNO. The van der Waals surface area contributed by atoms with Crippen LogP contribution in [0.2, 0.25) is 0 Å². The van der Waals surface area contributed by atoms with Crippen LogP contribution in [0.4, 0.5) is 4.39 Å². The minimum absolute atomic E-state index is 0.104. The maximum absolute atomic E-state index is 14.6. The van der Waals surface area contributed by atoms with Crippen LogP contribution >= 0.6 is 0 Å². The lowest BCUT2D eigenvalue weighted by Gasteiger charge is -2.15. The Morgan fingerprint density at radius 1 is 0.963 bits per heavy atom. The summed E-state index contributed by atoms with van der Waals surface area (Å²) in [7, 11) is 0. The molecule has 0 bridgehead atoms. The number of rotatable bonds is 12. The number of unbranched alkanes of at least 4 members (excludes halogenated alkanes) is 5. The molecular weight excluding hydrogens is 337 g/mol. The van der Waals surface area contributed by atoms with Crippen molar-refractivity contribution in [1.82, 2.24) is 4.98 Å². The van der Waals surface area contributed by atoms with Gasteiger partial charge in [-0.15, -0.1) is 0 Å². The summed E-state index contributed by atoms with van der Waals surface area (Å²) >= 11 is 0. The molecule has 3 heteroatoms. The van der Waals surface area contributed by atoms with Crippen molar-refractivity contribution >= 4 is 0 Å². The smallest absolute Gasteiger partial charge is 0.136 e. The van der Waals surface area contributed by atoms with Crippen LogP contribution in [0.15, 0.2) is 36.5 Å². The minimum Gasteiger partial charge on any atom is -0.491 e. The van der Waals surface area contributed by atoms with Gasteiger partial charge in [0.25, 0.3) is 0 Å². The van der Waals surface area contributed by atoms with Gasteiger partial charge in [-0.05, 0) is 56.4 Å². The molecule has 0 fully saturated rings. The molecule has 27 heavy (non-hydrogen) atoms. The summed E-state index contributed by atoms with van der Waals surface area (Å²) in [6, 6.07) is 9.07. The lowest BCUT2D eigenvalue weighted by Crippen LogP contribution is -2.11. The highest BCUT2D eigenvalue weighted by atomic mass is 19.1. The topological polar surface area (TPSA) is 22.1 Å². The molecule has 0 radical (unpaired) electrons. The van der Waals surface area contributed by atoms with E-state index in [0.29, 0.717) is 17.0 Å².